The smallest absolute Gasteiger partial charge is 0.225 e. The second-order valence-corrected chi connectivity index (χ2v) is 7.02. The van der Waals surface area contributed by atoms with Gasteiger partial charge in [-0.1, -0.05) is 63.9 Å². The van der Waals surface area contributed by atoms with Crippen LogP contribution in [-0.4, -0.2) is 5.91 Å². The number of hydrogen-bond donors (Lipinski definition) is 1. The molecule has 0 aromatic heterocycles. The van der Waals surface area contributed by atoms with Gasteiger partial charge in [-0.25, -0.2) is 0 Å². The van der Waals surface area contributed by atoms with E-state index >= 15 is 0 Å². The van der Waals surface area contributed by atoms with E-state index in [-0.39, 0.29) is 11.8 Å². The van der Waals surface area contributed by atoms with Crippen molar-refractivity contribution >= 4 is 49.9 Å². The third-order valence-corrected chi connectivity index (χ3v) is 5.23. The van der Waals surface area contributed by atoms with Crippen molar-refractivity contribution in [2.45, 2.75) is 12.3 Å². The maximum Gasteiger partial charge on any atom is 0.225 e. The highest BCUT2D eigenvalue weighted by molar-refractivity contribution is 9.10. The van der Waals surface area contributed by atoms with E-state index in [1.165, 1.54) is 0 Å². The average Bonchev–Trinajstić information content (AvgIpc) is 2.56. The molecule has 1 atom stereocenters. The molecule has 2 nitrogen and oxygen atoms in total. The molecule has 1 heterocycles. The van der Waals surface area contributed by atoms with Crippen molar-refractivity contribution in [3.63, 3.8) is 0 Å². The Bertz CT molecular complexity index is 921. The third-order valence-electron chi connectivity index (χ3n) is 4.33. The summed E-state index contributed by atoms with van der Waals surface area (Å²) in [7, 11) is 0. The lowest BCUT2D eigenvalue weighted by atomic mass is 9.83. The topological polar surface area (TPSA) is 29.1 Å². The Morgan fingerprint density at radius 2 is 1.74 bits per heavy atom. The van der Waals surface area contributed by atoms with E-state index in [4.69, 9.17) is 11.6 Å². The molecular weight excluding hydrogens is 374 g/mol. The average molecular weight is 387 g/mol. The van der Waals surface area contributed by atoms with Crippen LogP contribution >= 0.6 is 27.5 Å². The van der Waals surface area contributed by atoms with Crippen LogP contribution in [0.2, 0.25) is 5.02 Å². The first-order valence-electron chi connectivity index (χ1n) is 7.40. The molecule has 3 aromatic carbocycles. The van der Waals surface area contributed by atoms with Crippen LogP contribution in [0.25, 0.3) is 10.8 Å². The number of anilines is 1. The summed E-state index contributed by atoms with van der Waals surface area (Å²) in [5.41, 5.74) is 3.16. The van der Waals surface area contributed by atoms with Crippen molar-refractivity contribution in [2.75, 3.05) is 5.32 Å². The summed E-state index contributed by atoms with van der Waals surface area (Å²) < 4.78 is 1.04. The minimum Gasteiger partial charge on any atom is -0.325 e. The number of carbonyl (C=O) groups is 1. The van der Waals surface area contributed by atoms with E-state index in [9.17, 15) is 4.79 Å². The number of amides is 1. The van der Waals surface area contributed by atoms with E-state index in [0.717, 1.165) is 32.1 Å². The first-order chi connectivity index (χ1) is 11.1. The minimum atomic E-state index is 0.0388. The maximum absolute atomic E-state index is 12.3. The van der Waals surface area contributed by atoms with E-state index in [1.807, 2.05) is 42.5 Å². The number of halogens is 2. The molecule has 114 valence electrons. The van der Waals surface area contributed by atoms with Crippen LogP contribution in [0.15, 0.2) is 59.1 Å². The highest BCUT2D eigenvalue weighted by atomic mass is 79.9. The van der Waals surface area contributed by atoms with Crippen molar-refractivity contribution in [3.8, 4) is 0 Å². The predicted octanol–water partition coefficient (Wildman–Crippen LogP) is 5.73. The van der Waals surface area contributed by atoms with Gasteiger partial charge in [0.2, 0.25) is 5.91 Å². The lowest BCUT2D eigenvalue weighted by molar-refractivity contribution is -0.116. The zero-order valence-corrected chi connectivity index (χ0v) is 14.5. The second-order valence-electron chi connectivity index (χ2n) is 5.72. The van der Waals surface area contributed by atoms with Gasteiger partial charge in [0.15, 0.2) is 0 Å². The number of rotatable bonds is 1. The quantitative estimate of drug-likeness (QED) is 0.568. The Hall–Kier alpha value is -1.84. The summed E-state index contributed by atoms with van der Waals surface area (Å²) in [6.45, 7) is 0. The van der Waals surface area contributed by atoms with Crippen LogP contribution < -0.4 is 5.32 Å². The molecule has 0 saturated carbocycles. The molecule has 0 bridgehead atoms. The molecule has 1 aliphatic rings. The van der Waals surface area contributed by atoms with Gasteiger partial charge in [-0.3, -0.25) is 4.79 Å². The summed E-state index contributed by atoms with van der Waals surface area (Å²) >= 11 is 9.66. The molecule has 4 heteroatoms. The van der Waals surface area contributed by atoms with Gasteiger partial charge in [-0.2, -0.15) is 0 Å². The Morgan fingerprint density at radius 3 is 2.48 bits per heavy atom. The molecule has 0 aliphatic carbocycles. The molecule has 1 amide bonds. The minimum absolute atomic E-state index is 0.0388. The van der Waals surface area contributed by atoms with Gasteiger partial charge < -0.3 is 5.32 Å². The molecule has 3 aromatic rings. The highest BCUT2D eigenvalue weighted by Gasteiger charge is 2.28. The number of benzene rings is 3. The number of carbonyl (C=O) groups excluding carboxylic acids is 1. The van der Waals surface area contributed by atoms with Gasteiger partial charge in [-0.15, -0.1) is 0 Å². The van der Waals surface area contributed by atoms with Crippen molar-refractivity contribution in [1.29, 1.82) is 0 Å². The zero-order chi connectivity index (χ0) is 16.0. The van der Waals surface area contributed by atoms with Crippen LogP contribution in [0.5, 0.6) is 0 Å². The highest BCUT2D eigenvalue weighted by Crippen LogP contribution is 2.43. The van der Waals surface area contributed by atoms with E-state index in [2.05, 4.69) is 33.4 Å². The number of nitrogens with one attached hydrogen (secondary N) is 1. The SMILES string of the molecule is O=C1C[C@@H](c2ccc(Cl)cc2)c2cc(Br)c3ccccc3c2N1. The Morgan fingerprint density at radius 1 is 1.04 bits per heavy atom. The molecule has 0 fully saturated rings. The molecule has 0 unspecified atom stereocenters. The second kappa shape index (κ2) is 5.66. The Labute approximate surface area is 147 Å². The van der Waals surface area contributed by atoms with Crippen LogP contribution in [0.3, 0.4) is 0 Å². The van der Waals surface area contributed by atoms with Crippen molar-refractivity contribution < 1.29 is 4.79 Å². The van der Waals surface area contributed by atoms with Crippen LogP contribution in [0, 0.1) is 0 Å². The van der Waals surface area contributed by atoms with Gasteiger partial charge in [0, 0.05) is 27.2 Å². The summed E-state index contributed by atoms with van der Waals surface area (Å²) in [4.78, 5) is 12.3. The summed E-state index contributed by atoms with van der Waals surface area (Å²) in [6, 6.07) is 18.0. The molecule has 0 radical (unpaired) electrons. The van der Waals surface area contributed by atoms with Gasteiger partial charge in [0.05, 0.1) is 5.69 Å². The molecule has 0 saturated heterocycles. The van der Waals surface area contributed by atoms with Gasteiger partial charge >= 0.3 is 0 Å². The van der Waals surface area contributed by atoms with Crippen molar-refractivity contribution in [2.24, 2.45) is 0 Å². The zero-order valence-electron chi connectivity index (χ0n) is 12.1. The first-order valence-corrected chi connectivity index (χ1v) is 8.57. The molecular formula is C19H13BrClNO. The summed E-state index contributed by atoms with van der Waals surface area (Å²) in [6.07, 6.45) is 0.444. The molecule has 23 heavy (non-hydrogen) atoms. The van der Waals surface area contributed by atoms with Gasteiger partial charge in [-0.05, 0) is 34.7 Å². The lowest BCUT2D eigenvalue weighted by Gasteiger charge is -2.28. The monoisotopic (exact) mass is 385 g/mol. The van der Waals surface area contributed by atoms with E-state index in [0.29, 0.717) is 11.4 Å². The lowest BCUT2D eigenvalue weighted by Crippen LogP contribution is -2.23. The number of fused-ring (bicyclic) bond motifs is 3. The van der Waals surface area contributed by atoms with Crippen LogP contribution in [0.1, 0.15) is 23.5 Å². The van der Waals surface area contributed by atoms with Crippen molar-refractivity contribution in [3.05, 3.63) is 75.2 Å². The van der Waals surface area contributed by atoms with Crippen molar-refractivity contribution in [1.82, 2.24) is 0 Å². The summed E-state index contributed by atoms with van der Waals surface area (Å²) in [5, 5.41) is 5.92. The Kier molecular flexibility index (Phi) is 3.63. The summed E-state index contributed by atoms with van der Waals surface area (Å²) in [5.74, 6) is 0.0850. The Balaban J connectivity index is 1.96. The standard InChI is InChI=1S/C19H13BrClNO/c20-17-9-16-15(11-5-7-12(21)8-6-11)10-18(23)22-19(16)14-4-2-1-3-13(14)17/h1-9,15H,10H2,(H,22,23)/t15-/m0/s1. The van der Waals surface area contributed by atoms with E-state index < -0.39 is 0 Å². The molecule has 1 N–H and O–H groups in total. The predicted molar refractivity (Wildman–Crippen MR) is 98.2 cm³/mol. The van der Waals surface area contributed by atoms with Gasteiger partial charge in [0.1, 0.15) is 0 Å². The third kappa shape index (κ3) is 2.54. The van der Waals surface area contributed by atoms with E-state index in [1.54, 1.807) is 0 Å². The van der Waals surface area contributed by atoms with Crippen LogP contribution in [-0.2, 0) is 4.79 Å². The molecule has 1 aliphatic heterocycles. The fourth-order valence-corrected chi connectivity index (χ4v) is 3.96. The van der Waals surface area contributed by atoms with Crippen LogP contribution in [0.4, 0.5) is 5.69 Å². The van der Waals surface area contributed by atoms with Gasteiger partial charge in [0.25, 0.3) is 0 Å². The largest absolute Gasteiger partial charge is 0.325 e. The number of hydrogen-bond acceptors (Lipinski definition) is 1. The fourth-order valence-electron chi connectivity index (χ4n) is 3.24. The molecule has 4 rings (SSSR count). The maximum atomic E-state index is 12.3. The first kappa shape index (κ1) is 14.7. The fraction of sp³-hybridized carbons (Fsp3) is 0.105. The molecule has 0 spiro atoms. The normalized spacial score (nSPS) is 17.0.